The molecule has 0 saturated carbocycles. The Morgan fingerprint density at radius 3 is 2.38 bits per heavy atom. The van der Waals surface area contributed by atoms with E-state index in [1.165, 1.54) is 0 Å². The first kappa shape index (κ1) is 19.6. The Morgan fingerprint density at radius 2 is 1.77 bits per heavy atom. The van der Waals surface area contributed by atoms with Crippen molar-refractivity contribution >= 4 is 11.8 Å². The molecule has 0 atom stereocenters. The first-order valence-corrected chi connectivity index (χ1v) is 8.80. The zero-order valence-corrected chi connectivity index (χ0v) is 15.8. The van der Waals surface area contributed by atoms with Crippen molar-refractivity contribution in [3.05, 3.63) is 47.1 Å². The Morgan fingerprint density at radius 1 is 1.08 bits per heavy atom. The largest absolute Gasteiger partial charge is 0.339 e. The van der Waals surface area contributed by atoms with Crippen molar-refractivity contribution in [1.82, 2.24) is 21.0 Å². The van der Waals surface area contributed by atoms with Gasteiger partial charge in [-0.15, -0.1) is 0 Å². The van der Waals surface area contributed by atoms with Gasteiger partial charge in [-0.1, -0.05) is 45.0 Å². The lowest BCUT2D eigenvalue weighted by molar-refractivity contribution is -0.121. The quantitative estimate of drug-likeness (QED) is 0.774. The van der Waals surface area contributed by atoms with E-state index < -0.39 is 0 Å². The van der Waals surface area contributed by atoms with E-state index >= 15 is 0 Å². The van der Waals surface area contributed by atoms with E-state index in [4.69, 9.17) is 4.52 Å². The first-order chi connectivity index (χ1) is 12.3. The summed E-state index contributed by atoms with van der Waals surface area (Å²) >= 11 is 0. The molecule has 7 nitrogen and oxygen atoms in total. The van der Waals surface area contributed by atoms with E-state index in [1.54, 1.807) is 12.1 Å². The average molecular weight is 358 g/mol. The molecule has 0 radical (unpaired) electrons. The van der Waals surface area contributed by atoms with Crippen LogP contribution in [0.4, 0.5) is 0 Å². The summed E-state index contributed by atoms with van der Waals surface area (Å²) in [5.74, 6) is 0.393. The van der Waals surface area contributed by atoms with Gasteiger partial charge < -0.3 is 4.52 Å². The van der Waals surface area contributed by atoms with Crippen LogP contribution < -0.4 is 10.9 Å². The Balaban J connectivity index is 1.78. The minimum Gasteiger partial charge on any atom is -0.339 e. The molecule has 0 spiro atoms. The Hall–Kier alpha value is -2.70. The third-order valence-corrected chi connectivity index (χ3v) is 3.88. The van der Waals surface area contributed by atoms with Crippen molar-refractivity contribution in [2.24, 2.45) is 0 Å². The predicted molar refractivity (Wildman–Crippen MR) is 97.4 cm³/mol. The Labute approximate surface area is 153 Å². The lowest BCUT2D eigenvalue weighted by atomic mass is 9.87. The molecular formula is C19H26N4O3. The lowest BCUT2D eigenvalue weighted by Gasteiger charge is -2.19. The summed E-state index contributed by atoms with van der Waals surface area (Å²) in [6, 6.07) is 7.33. The zero-order chi connectivity index (χ0) is 19.2. The highest BCUT2D eigenvalue weighted by Crippen LogP contribution is 2.22. The predicted octanol–water partition coefficient (Wildman–Crippen LogP) is 2.71. The molecule has 2 aromatic rings. The fraction of sp³-hybridized carbons (Fsp3) is 0.474. The van der Waals surface area contributed by atoms with E-state index in [1.807, 2.05) is 19.1 Å². The lowest BCUT2D eigenvalue weighted by Crippen LogP contribution is -2.41. The van der Waals surface area contributed by atoms with Crippen LogP contribution in [0.5, 0.6) is 0 Å². The number of aromatic nitrogens is 2. The Kier molecular flexibility index (Phi) is 6.49. The van der Waals surface area contributed by atoms with Gasteiger partial charge in [-0.25, -0.2) is 0 Å². The highest BCUT2D eigenvalue weighted by Gasteiger charge is 2.15. The maximum Gasteiger partial charge on any atom is 0.269 e. The van der Waals surface area contributed by atoms with Gasteiger partial charge in [0, 0.05) is 24.8 Å². The minimum atomic E-state index is -0.359. The second-order valence-corrected chi connectivity index (χ2v) is 7.18. The SMILES string of the molecule is CCCc1noc(CCC(=O)NNC(=O)c2ccc(C(C)(C)C)cc2)n1. The number of carbonyl (C=O) groups is 2. The third-order valence-electron chi connectivity index (χ3n) is 3.88. The molecule has 1 aromatic heterocycles. The molecule has 1 heterocycles. The molecule has 1 aromatic carbocycles. The van der Waals surface area contributed by atoms with E-state index in [9.17, 15) is 9.59 Å². The van der Waals surface area contributed by atoms with E-state index in [0.717, 1.165) is 18.4 Å². The second kappa shape index (κ2) is 8.60. The van der Waals surface area contributed by atoms with Crippen LogP contribution in [0.25, 0.3) is 0 Å². The monoisotopic (exact) mass is 358 g/mol. The highest BCUT2D eigenvalue weighted by atomic mass is 16.5. The molecule has 0 aliphatic carbocycles. The molecule has 0 fully saturated rings. The van der Waals surface area contributed by atoms with Crippen LogP contribution in [-0.2, 0) is 23.1 Å². The number of hydrogen-bond acceptors (Lipinski definition) is 5. The van der Waals surface area contributed by atoms with Gasteiger partial charge in [-0.2, -0.15) is 4.98 Å². The van der Waals surface area contributed by atoms with Gasteiger partial charge in [0.25, 0.3) is 5.91 Å². The first-order valence-electron chi connectivity index (χ1n) is 8.80. The zero-order valence-electron chi connectivity index (χ0n) is 15.8. The van der Waals surface area contributed by atoms with Gasteiger partial charge in [0.15, 0.2) is 5.82 Å². The van der Waals surface area contributed by atoms with Crippen molar-refractivity contribution in [2.75, 3.05) is 0 Å². The van der Waals surface area contributed by atoms with Gasteiger partial charge >= 0.3 is 0 Å². The molecular weight excluding hydrogens is 332 g/mol. The van der Waals surface area contributed by atoms with Crippen LogP contribution in [-0.4, -0.2) is 22.0 Å². The molecule has 0 unspecified atom stereocenters. The molecule has 2 N–H and O–H groups in total. The molecule has 0 aliphatic rings. The molecule has 2 amide bonds. The fourth-order valence-corrected chi connectivity index (χ4v) is 2.32. The fourth-order valence-electron chi connectivity index (χ4n) is 2.32. The molecule has 140 valence electrons. The van der Waals surface area contributed by atoms with E-state index in [-0.39, 0.29) is 23.7 Å². The molecule has 0 saturated heterocycles. The molecule has 0 aliphatic heterocycles. The van der Waals surface area contributed by atoms with Gasteiger partial charge in [0.1, 0.15) is 0 Å². The van der Waals surface area contributed by atoms with Crippen LogP contribution in [0.15, 0.2) is 28.8 Å². The number of aryl methyl sites for hydroxylation is 2. The summed E-state index contributed by atoms with van der Waals surface area (Å²) < 4.78 is 5.07. The van der Waals surface area contributed by atoms with Gasteiger partial charge in [-0.05, 0) is 29.5 Å². The normalized spacial score (nSPS) is 11.2. The number of rotatable bonds is 6. The van der Waals surface area contributed by atoms with Crippen LogP contribution in [0.3, 0.4) is 0 Å². The van der Waals surface area contributed by atoms with E-state index in [0.29, 0.717) is 23.7 Å². The summed E-state index contributed by atoms with van der Waals surface area (Å²) in [5, 5.41) is 3.83. The average Bonchev–Trinajstić information content (AvgIpc) is 3.05. The molecule has 2 rings (SSSR count). The number of benzene rings is 1. The number of carbonyl (C=O) groups excluding carboxylic acids is 2. The van der Waals surface area contributed by atoms with Crippen molar-refractivity contribution < 1.29 is 14.1 Å². The molecule has 7 heteroatoms. The summed E-state index contributed by atoms with van der Waals surface area (Å²) in [6.07, 6.45) is 2.16. The topological polar surface area (TPSA) is 97.1 Å². The second-order valence-electron chi connectivity index (χ2n) is 7.18. The minimum absolute atomic E-state index is 0.0228. The third kappa shape index (κ3) is 5.68. The van der Waals surface area contributed by atoms with Gasteiger partial charge in [0.05, 0.1) is 0 Å². The van der Waals surface area contributed by atoms with Crippen molar-refractivity contribution in [2.45, 2.75) is 58.8 Å². The number of hydrazine groups is 1. The molecule has 26 heavy (non-hydrogen) atoms. The molecule has 0 bridgehead atoms. The maximum absolute atomic E-state index is 12.1. The summed E-state index contributed by atoms with van der Waals surface area (Å²) in [5.41, 5.74) is 6.46. The highest BCUT2D eigenvalue weighted by molar-refractivity contribution is 5.95. The van der Waals surface area contributed by atoms with Crippen LogP contribution in [0.1, 0.15) is 68.2 Å². The Bertz CT molecular complexity index is 745. The number of hydrogen-bond donors (Lipinski definition) is 2. The number of nitrogens with one attached hydrogen (secondary N) is 2. The van der Waals surface area contributed by atoms with Gasteiger partial charge in [-0.3, -0.25) is 20.4 Å². The van der Waals surface area contributed by atoms with Crippen molar-refractivity contribution in [3.63, 3.8) is 0 Å². The van der Waals surface area contributed by atoms with Crippen LogP contribution >= 0.6 is 0 Å². The summed E-state index contributed by atoms with van der Waals surface area (Å²) in [6.45, 7) is 8.35. The van der Waals surface area contributed by atoms with Crippen molar-refractivity contribution in [1.29, 1.82) is 0 Å². The van der Waals surface area contributed by atoms with Gasteiger partial charge in [0.2, 0.25) is 11.8 Å². The van der Waals surface area contributed by atoms with Crippen LogP contribution in [0.2, 0.25) is 0 Å². The van der Waals surface area contributed by atoms with E-state index in [2.05, 4.69) is 41.8 Å². The maximum atomic E-state index is 12.1. The van der Waals surface area contributed by atoms with Crippen LogP contribution in [0, 0.1) is 0 Å². The summed E-state index contributed by atoms with van der Waals surface area (Å²) in [4.78, 5) is 28.1. The summed E-state index contributed by atoms with van der Waals surface area (Å²) in [7, 11) is 0. The number of amides is 2. The standard InChI is InChI=1S/C19H26N4O3/c1-5-6-15-20-17(26-23-15)12-11-16(24)21-22-18(25)13-7-9-14(10-8-13)19(2,3)4/h7-10H,5-6,11-12H2,1-4H3,(H,21,24)(H,22,25). The number of nitrogens with zero attached hydrogens (tertiary/aromatic N) is 2. The van der Waals surface area contributed by atoms with Crippen molar-refractivity contribution in [3.8, 4) is 0 Å². The smallest absolute Gasteiger partial charge is 0.269 e.